The highest BCUT2D eigenvalue weighted by molar-refractivity contribution is 5.72. The van der Waals surface area contributed by atoms with E-state index in [0.717, 1.165) is 0 Å². The number of aliphatic imine (C=N–C) groups is 2. The molecule has 0 aliphatic carbocycles. The predicted molar refractivity (Wildman–Crippen MR) is 69.6 cm³/mol. The number of hydrogen-bond donors (Lipinski definition) is 2. The van der Waals surface area contributed by atoms with Gasteiger partial charge < -0.3 is 14.9 Å². The Morgan fingerprint density at radius 3 is 2.88 bits per heavy atom. The van der Waals surface area contributed by atoms with E-state index in [9.17, 15) is 0 Å². The van der Waals surface area contributed by atoms with Gasteiger partial charge in [-0.15, -0.1) is 0 Å². The van der Waals surface area contributed by atoms with Gasteiger partial charge in [0.1, 0.15) is 12.1 Å². The largest absolute Gasteiger partial charge is 0.416 e. The Balaban J connectivity index is 3.92. The van der Waals surface area contributed by atoms with Crippen molar-refractivity contribution in [2.24, 2.45) is 15.9 Å². The molecule has 6 heteroatoms. The molecule has 0 amide bonds. The van der Waals surface area contributed by atoms with Crippen LogP contribution in [-0.2, 0) is 9.57 Å². The Morgan fingerprint density at radius 2 is 2.29 bits per heavy atom. The Kier molecular flexibility index (Phi) is 8.62. The van der Waals surface area contributed by atoms with Gasteiger partial charge in [0.05, 0.1) is 19.0 Å². The van der Waals surface area contributed by atoms with Gasteiger partial charge in [-0.1, -0.05) is 6.58 Å². The lowest BCUT2D eigenvalue weighted by atomic mass is 10.4. The molecule has 0 unspecified atom stereocenters. The Morgan fingerprint density at radius 1 is 1.59 bits per heavy atom. The Bertz CT molecular complexity index is 311. The molecule has 0 fully saturated rings. The summed E-state index contributed by atoms with van der Waals surface area (Å²) in [6.45, 7) is 7.95. The molecule has 0 aromatic rings. The van der Waals surface area contributed by atoms with Crippen molar-refractivity contribution in [3.63, 3.8) is 0 Å². The summed E-state index contributed by atoms with van der Waals surface area (Å²) in [6, 6.07) is 0.0909. The fraction of sp³-hybridized carbons (Fsp3) is 0.455. The van der Waals surface area contributed by atoms with Crippen LogP contribution in [0.1, 0.15) is 13.8 Å². The topological polar surface area (TPSA) is 81.2 Å². The molecule has 0 spiro atoms. The normalized spacial score (nSPS) is 14.2. The zero-order valence-electron chi connectivity index (χ0n) is 10.5. The number of rotatable bonds is 8. The molecule has 0 bridgehead atoms. The Labute approximate surface area is 102 Å². The molecule has 6 nitrogen and oxygen atoms in total. The van der Waals surface area contributed by atoms with Gasteiger partial charge in [-0.25, -0.2) is 4.99 Å². The van der Waals surface area contributed by atoms with E-state index in [1.807, 2.05) is 6.92 Å². The SMILES string of the molecule is C=C(/C=C(\C)ON)NC=NC=N[C@H](C)COC. The standard InChI is InChI=1S/C11H20N4O2/c1-9(5-11(3)17-12)14-7-13-8-15-10(2)6-16-4/h5,7-8,10H,1,6,12H2,2-4H3,(H,13,14,15)/b11-5+/t10-/m1/s1. The predicted octanol–water partition coefficient (Wildman–Crippen LogP) is 0.975. The third kappa shape index (κ3) is 9.28. The monoisotopic (exact) mass is 240 g/mol. The zero-order chi connectivity index (χ0) is 13.1. The van der Waals surface area contributed by atoms with E-state index < -0.39 is 0 Å². The smallest absolute Gasteiger partial charge is 0.122 e. The highest BCUT2D eigenvalue weighted by Gasteiger charge is 1.93. The lowest BCUT2D eigenvalue weighted by Crippen LogP contribution is -2.09. The lowest BCUT2D eigenvalue weighted by Gasteiger charge is -2.02. The van der Waals surface area contributed by atoms with Crippen LogP contribution in [0.4, 0.5) is 0 Å². The first-order valence-electron chi connectivity index (χ1n) is 5.12. The van der Waals surface area contributed by atoms with E-state index in [2.05, 4.69) is 26.7 Å². The number of nitrogens with zero attached hydrogens (tertiary/aromatic N) is 2. The first-order chi connectivity index (χ1) is 8.10. The lowest BCUT2D eigenvalue weighted by molar-refractivity contribution is 0.186. The van der Waals surface area contributed by atoms with Gasteiger partial charge in [-0.3, -0.25) is 4.99 Å². The van der Waals surface area contributed by atoms with Gasteiger partial charge in [-0.05, 0) is 13.8 Å². The van der Waals surface area contributed by atoms with E-state index in [4.69, 9.17) is 10.6 Å². The van der Waals surface area contributed by atoms with Crippen molar-refractivity contribution in [2.45, 2.75) is 19.9 Å². The average Bonchev–Trinajstić information content (AvgIpc) is 2.28. The van der Waals surface area contributed by atoms with Gasteiger partial charge >= 0.3 is 0 Å². The molecule has 0 rings (SSSR count). The van der Waals surface area contributed by atoms with Crippen molar-refractivity contribution in [2.75, 3.05) is 13.7 Å². The van der Waals surface area contributed by atoms with Crippen LogP contribution in [0, 0.1) is 0 Å². The number of hydrogen-bond acceptors (Lipinski definition) is 4. The van der Waals surface area contributed by atoms with E-state index in [1.165, 1.54) is 12.7 Å². The minimum Gasteiger partial charge on any atom is -0.416 e. The van der Waals surface area contributed by atoms with Gasteiger partial charge in [0.25, 0.3) is 0 Å². The zero-order valence-corrected chi connectivity index (χ0v) is 10.5. The second kappa shape index (κ2) is 9.56. The maximum Gasteiger partial charge on any atom is 0.122 e. The molecule has 0 saturated carbocycles. The number of nitrogens with two attached hydrogens (primary N) is 1. The van der Waals surface area contributed by atoms with Gasteiger partial charge in [0, 0.05) is 18.9 Å². The van der Waals surface area contributed by atoms with Crippen LogP contribution in [0.25, 0.3) is 0 Å². The summed E-state index contributed by atoms with van der Waals surface area (Å²) in [6.07, 6.45) is 4.59. The molecule has 0 saturated heterocycles. The summed E-state index contributed by atoms with van der Waals surface area (Å²) in [5.41, 5.74) is 0.620. The summed E-state index contributed by atoms with van der Waals surface area (Å²) in [4.78, 5) is 12.5. The maximum atomic E-state index is 4.95. The third-order valence-electron chi connectivity index (χ3n) is 1.68. The van der Waals surface area contributed by atoms with Crippen molar-refractivity contribution in [1.29, 1.82) is 0 Å². The summed E-state index contributed by atoms with van der Waals surface area (Å²) in [5.74, 6) is 5.51. The van der Waals surface area contributed by atoms with Gasteiger partial charge in [-0.2, -0.15) is 5.90 Å². The van der Waals surface area contributed by atoms with Crippen LogP contribution in [0.15, 0.2) is 34.1 Å². The van der Waals surface area contributed by atoms with Crippen molar-refractivity contribution in [3.05, 3.63) is 24.1 Å². The van der Waals surface area contributed by atoms with Gasteiger partial charge in [0.15, 0.2) is 0 Å². The van der Waals surface area contributed by atoms with Crippen LogP contribution in [0.3, 0.4) is 0 Å². The highest BCUT2D eigenvalue weighted by Crippen LogP contribution is 1.94. The van der Waals surface area contributed by atoms with Gasteiger partial charge in [0.2, 0.25) is 0 Å². The van der Waals surface area contributed by atoms with Crippen LogP contribution in [0.5, 0.6) is 0 Å². The maximum absolute atomic E-state index is 4.95. The van der Waals surface area contributed by atoms with Crippen molar-refractivity contribution < 1.29 is 9.57 Å². The van der Waals surface area contributed by atoms with Crippen LogP contribution in [0.2, 0.25) is 0 Å². The van der Waals surface area contributed by atoms with Crippen LogP contribution < -0.4 is 11.2 Å². The van der Waals surface area contributed by atoms with E-state index in [-0.39, 0.29) is 6.04 Å². The quantitative estimate of drug-likeness (QED) is 0.218. The molecular formula is C11H20N4O2. The summed E-state index contributed by atoms with van der Waals surface area (Å²) in [5, 5.41) is 2.83. The molecule has 0 radical (unpaired) electrons. The summed E-state index contributed by atoms with van der Waals surface area (Å²) >= 11 is 0. The fourth-order valence-corrected chi connectivity index (χ4v) is 0.911. The second-order valence-electron chi connectivity index (χ2n) is 3.39. The minimum absolute atomic E-state index is 0.0909. The Hall–Kier alpha value is -1.66. The molecule has 0 aliphatic rings. The molecule has 0 aliphatic heterocycles. The fourth-order valence-electron chi connectivity index (χ4n) is 0.911. The molecular weight excluding hydrogens is 220 g/mol. The van der Waals surface area contributed by atoms with Crippen LogP contribution in [-0.4, -0.2) is 32.4 Å². The van der Waals surface area contributed by atoms with Crippen molar-refractivity contribution in [3.8, 4) is 0 Å². The van der Waals surface area contributed by atoms with E-state index >= 15 is 0 Å². The van der Waals surface area contributed by atoms with E-state index in [0.29, 0.717) is 18.1 Å². The first kappa shape index (κ1) is 15.3. The van der Waals surface area contributed by atoms with Crippen LogP contribution >= 0.6 is 0 Å². The molecule has 96 valence electrons. The second-order valence-corrected chi connectivity index (χ2v) is 3.39. The molecule has 0 heterocycles. The number of ether oxygens (including phenoxy) is 1. The average molecular weight is 240 g/mol. The summed E-state index contributed by atoms with van der Waals surface area (Å²) in [7, 11) is 1.63. The molecule has 17 heavy (non-hydrogen) atoms. The molecule has 0 aromatic carbocycles. The first-order valence-corrected chi connectivity index (χ1v) is 5.12. The number of methoxy groups -OCH3 is 1. The number of allylic oxidation sites excluding steroid dienone is 2. The van der Waals surface area contributed by atoms with Crippen molar-refractivity contribution >= 4 is 12.7 Å². The number of nitrogens with one attached hydrogen (secondary N) is 1. The summed E-state index contributed by atoms with van der Waals surface area (Å²) < 4.78 is 4.93. The highest BCUT2D eigenvalue weighted by atomic mass is 16.6. The molecule has 1 atom stereocenters. The molecule has 3 N–H and O–H groups in total. The third-order valence-corrected chi connectivity index (χ3v) is 1.68. The van der Waals surface area contributed by atoms with Crippen molar-refractivity contribution in [1.82, 2.24) is 5.32 Å². The van der Waals surface area contributed by atoms with E-state index in [1.54, 1.807) is 20.1 Å². The molecule has 0 aromatic heterocycles. The minimum atomic E-state index is 0.0909.